The van der Waals surface area contributed by atoms with Gasteiger partial charge in [0, 0.05) is 0 Å². The van der Waals surface area contributed by atoms with Crippen LogP contribution in [0.3, 0.4) is 0 Å². The topological polar surface area (TPSA) is 47.0 Å². The SMILES string of the molecule is c1snnc1OC1CCNCC1. The van der Waals surface area contributed by atoms with Crippen molar-refractivity contribution in [1.29, 1.82) is 0 Å². The van der Waals surface area contributed by atoms with E-state index in [1.54, 1.807) is 0 Å². The molecule has 0 spiro atoms. The summed E-state index contributed by atoms with van der Waals surface area (Å²) in [6.07, 6.45) is 2.46. The molecule has 0 atom stereocenters. The first-order valence-electron chi connectivity index (χ1n) is 4.09. The molecule has 0 amide bonds. The van der Waals surface area contributed by atoms with Crippen molar-refractivity contribution in [3.05, 3.63) is 5.38 Å². The standard InChI is InChI=1S/C7H11N3OS/c1-3-8-4-2-6(1)11-7-5-12-10-9-7/h5-6,8H,1-4H2. The predicted molar refractivity (Wildman–Crippen MR) is 46.4 cm³/mol. The molecule has 1 N–H and O–H groups in total. The van der Waals surface area contributed by atoms with Crippen molar-refractivity contribution in [2.75, 3.05) is 13.1 Å². The summed E-state index contributed by atoms with van der Waals surface area (Å²) < 4.78 is 9.33. The van der Waals surface area contributed by atoms with Crippen LogP contribution in [0.15, 0.2) is 5.38 Å². The van der Waals surface area contributed by atoms with Crippen LogP contribution in [0, 0.1) is 0 Å². The average Bonchev–Trinajstić information content (AvgIpc) is 2.59. The van der Waals surface area contributed by atoms with Gasteiger partial charge in [-0.05, 0) is 37.5 Å². The van der Waals surface area contributed by atoms with Gasteiger partial charge < -0.3 is 10.1 Å². The molecule has 0 unspecified atom stereocenters. The Morgan fingerprint density at radius 2 is 2.33 bits per heavy atom. The zero-order valence-electron chi connectivity index (χ0n) is 6.69. The predicted octanol–water partition coefficient (Wildman–Crippen LogP) is 0.669. The Balaban J connectivity index is 1.86. The van der Waals surface area contributed by atoms with Crippen molar-refractivity contribution in [3.8, 4) is 5.88 Å². The summed E-state index contributed by atoms with van der Waals surface area (Å²) >= 11 is 1.33. The van der Waals surface area contributed by atoms with Crippen molar-refractivity contribution in [2.24, 2.45) is 0 Å². The molecule has 1 aromatic rings. The third kappa shape index (κ3) is 1.92. The lowest BCUT2D eigenvalue weighted by atomic mass is 10.1. The molecule has 1 aliphatic heterocycles. The van der Waals surface area contributed by atoms with Gasteiger partial charge in [-0.1, -0.05) is 9.59 Å². The van der Waals surface area contributed by atoms with E-state index in [-0.39, 0.29) is 0 Å². The van der Waals surface area contributed by atoms with Crippen molar-refractivity contribution >= 4 is 11.5 Å². The van der Waals surface area contributed by atoms with E-state index in [4.69, 9.17) is 4.74 Å². The van der Waals surface area contributed by atoms with Gasteiger partial charge in [-0.15, -0.1) is 0 Å². The van der Waals surface area contributed by atoms with Gasteiger partial charge in [-0.2, -0.15) is 0 Å². The molecule has 12 heavy (non-hydrogen) atoms. The molecular weight excluding hydrogens is 174 g/mol. The van der Waals surface area contributed by atoms with Crippen molar-refractivity contribution in [2.45, 2.75) is 18.9 Å². The number of hydrogen-bond donors (Lipinski definition) is 1. The molecule has 1 aliphatic rings. The van der Waals surface area contributed by atoms with E-state index in [2.05, 4.69) is 14.9 Å². The van der Waals surface area contributed by atoms with Crippen LogP contribution in [-0.2, 0) is 0 Å². The maximum absolute atomic E-state index is 5.59. The van der Waals surface area contributed by atoms with Crippen LogP contribution in [0.4, 0.5) is 0 Å². The Bertz CT molecular complexity index is 221. The summed E-state index contributed by atoms with van der Waals surface area (Å²) in [5.74, 6) is 0.673. The maximum atomic E-state index is 5.59. The molecule has 4 nitrogen and oxygen atoms in total. The lowest BCUT2D eigenvalue weighted by Gasteiger charge is -2.22. The molecule has 66 valence electrons. The summed E-state index contributed by atoms with van der Waals surface area (Å²) in [4.78, 5) is 0. The van der Waals surface area contributed by atoms with Crippen molar-refractivity contribution < 1.29 is 4.74 Å². The minimum absolute atomic E-state index is 0.329. The first-order chi connectivity index (χ1) is 5.95. The zero-order valence-corrected chi connectivity index (χ0v) is 7.51. The van der Waals surface area contributed by atoms with Gasteiger partial charge in [0.25, 0.3) is 0 Å². The molecule has 0 aliphatic carbocycles. The number of aromatic nitrogens is 2. The van der Waals surface area contributed by atoms with Crippen LogP contribution in [0.1, 0.15) is 12.8 Å². The molecular formula is C7H11N3OS. The molecule has 2 rings (SSSR count). The third-order valence-electron chi connectivity index (χ3n) is 1.91. The van der Waals surface area contributed by atoms with Crippen LogP contribution in [0.2, 0.25) is 0 Å². The van der Waals surface area contributed by atoms with E-state index in [1.165, 1.54) is 11.5 Å². The number of rotatable bonds is 2. The van der Waals surface area contributed by atoms with Gasteiger partial charge in [-0.25, -0.2) is 0 Å². The Kier molecular flexibility index (Phi) is 2.53. The second-order valence-corrected chi connectivity index (χ2v) is 3.42. The number of ether oxygens (including phenoxy) is 1. The van der Waals surface area contributed by atoms with Gasteiger partial charge in [0.1, 0.15) is 6.10 Å². The molecule has 5 heteroatoms. The highest BCUT2D eigenvalue weighted by atomic mass is 32.1. The van der Waals surface area contributed by atoms with Gasteiger partial charge in [-0.3, -0.25) is 0 Å². The number of piperidine rings is 1. The van der Waals surface area contributed by atoms with Crippen LogP contribution < -0.4 is 10.1 Å². The van der Waals surface area contributed by atoms with Crippen LogP contribution in [0.5, 0.6) is 5.88 Å². The summed E-state index contributed by atoms with van der Waals surface area (Å²) in [7, 11) is 0. The minimum Gasteiger partial charge on any atom is -0.473 e. The fraction of sp³-hybridized carbons (Fsp3) is 0.714. The summed E-state index contributed by atoms with van der Waals surface area (Å²) in [6, 6.07) is 0. The van der Waals surface area contributed by atoms with Crippen molar-refractivity contribution in [1.82, 2.24) is 14.9 Å². The van der Waals surface area contributed by atoms with Crippen molar-refractivity contribution in [3.63, 3.8) is 0 Å². The average molecular weight is 185 g/mol. The van der Waals surface area contributed by atoms with Gasteiger partial charge in [0.15, 0.2) is 0 Å². The first kappa shape index (κ1) is 7.94. The van der Waals surface area contributed by atoms with Crippen LogP contribution in [0.25, 0.3) is 0 Å². The smallest absolute Gasteiger partial charge is 0.246 e. The highest BCUT2D eigenvalue weighted by molar-refractivity contribution is 7.03. The molecule has 1 saturated heterocycles. The fourth-order valence-electron chi connectivity index (χ4n) is 1.29. The first-order valence-corrected chi connectivity index (χ1v) is 4.93. The maximum Gasteiger partial charge on any atom is 0.246 e. The van der Waals surface area contributed by atoms with E-state index in [0.29, 0.717) is 12.0 Å². The van der Waals surface area contributed by atoms with Gasteiger partial charge >= 0.3 is 0 Å². The van der Waals surface area contributed by atoms with E-state index >= 15 is 0 Å². The quantitative estimate of drug-likeness (QED) is 0.735. The van der Waals surface area contributed by atoms with E-state index < -0.39 is 0 Å². The van der Waals surface area contributed by atoms with Crippen LogP contribution >= 0.6 is 11.5 Å². The molecule has 2 heterocycles. The number of nitrogens with one attached hydrogen (secondary N) is 1. The molecule has 0 bridgehead atoms. The molecule has 0 aromatic carbocycles. The van der Waals surface area contributed by atoms with Gasteiger partial charge in [0.2, 0.25) is 5.88 Å². The summed E-state index contributed by atoms with van der Waals surface area (Å²) in [5, 5.41) is 8.95. The summed E-state index contributed by atoms with van der Waals surface area (Å²) in [5.41, 5.74) is 0. The summed E-state index contributed by atoms with van der Waals surface area (Å²) in [6.45, 7) is 2.09. The second kappa shape index (κ2) is 3.82. The highest BCUT2D eigenvalue weighted by Gasteiger charge is 2.14. The number of hydrogen-bond acceptors (Lipinski definition) is 5. The van der Waals surface area contributed by atoms with E-state index in [9.17, 15) is 0 Å². The third-order valence-corrected chi connectivity index (χ3v) is 2.40. The van der Waals surface area contributed by atoms with E-state index in [1.807, 2.05) is 5.38 Å². The van der Waals surface area contributed by atoms with Gasteiger partial charge in [0.05, 0.1) is 5.38 Å². The lowest BCUT2D eigenvalue weighted by molar-refractivity contribution is 0.156. The minimum atomic E-state index is 0.329. The monoisotopic (exact) mass is 185 g/mol. The fourth-order valence-corrected chi connectivity index (χ4v) is 1.66. The number of nitrogens with zero attached hydrogens (tertiary/aromatic N) is 2. The highest BCUT2D eigenvalue weighted by Crippen LogP contribution is 2.14. The lowest BCUT2D eigenvalue weighted by Crippen LogP contribution is -2.34. The normalized spacial score (nSPS) is 19.3. The Hall–Kier alpha value is -0.680. The molecule has 1 fully saturated rings. The zero-order chi connectivity index (χ0) is 8.23. The molecule has 0 radical (unpaired) electrons. The van der Waals surface area contributed by atoms with Crippen LogP contribution in [-0.4, -0.2) is 28.8 Å². The van der Waals surface area contributed by atoms with E-state index in [0.717, 1.165) is 25.9 Å². The Labute approximate surface area is 75.1 Å². The Morgan fingerprint density at radius 3 is 3.00 bits per heavy atom. The second-order valence-electron chi connectivity index (χ2n) is 2.81. The molecule has 0 saturated carbocycles. The molecule has 1 aromatic heterocycles. The largest absolute Gasteiger partial charge is 0.473 e. The Morgan fingerprint density at radius 1 is 1.50 bits per heavy atom.